The van der Waals surface area contributed by atoms with Gasteiger partial charge >= 0.3 is 5.97 Å². The maximum absolute atomic E-state index is 13.5. The topological polar surface area (TPSA) is 50.2 Å². The summed E-state index contributed by atoms with van der Waals surface area (Å²) in [6.07, 6.45) is 0. The lowest BCUT2D eigenvalue weighted by Gasteiger charge is -2.00. The number of nitrogens with zero attached hydrogens (tertiary/aromatic N) is 1. The lowest BCUT2D eigenvalue weighted by molar-refractivity contribution is 0.0701. The number of aryl methyl sites for hydroxylation is 1. The molecule has 0 spiro atoms. The Labute approximate surface area is 104 Å². The minimum atomic E-state index is -1.60. The first-order valence-electron chi connectivity index (χ1n) is 4.76. The molecule has 0 radical (unpaired) electrons. The molecular weight excluding hydrogens is 267 g/mol. The third kappa shape index (κ3) is 1.97. The second-order valence-corrected chi connectivity index (χ2v) is 4.46. The van der Waals surface area contributed by atoms with Crippen molar-refractivity contribution in [3.05, 3.63) is 40.2 Å². The van der Waals surface area contributed by atoms with E-state index < -0.39 is 23.4 Å². The van der Waals surface area contributed by atoms with Gasteiger partial charge in [0, 0.05) is 5.56 Å². The molecule has 1 heterocycles. The number of hydrogen-bond donors (Lipinski definition) is 1. The highest BCUT2D eigenvalue weighted by Gasteiger charge is 2.20. The fraction of sp³-hybridized carbons (Fsp3) is 0.0909. The molecule has 0 aliphatic carbocycles. The summed E-state index contributed by atoms with van der Waals surface area (Å²) in [5.74, 6) is -5.47. The van der Waals surface area contributed by atoms with Gasteiger partial charge < -0.3 is 5.11 Å². The Hall–Kier alpha value is -1.89. The van der Waals surface area contributed by atoms with Crippen LogP contribution in [0.4, 0.5) is 13.2 Å². The molecule has 0 amide bonds. The fourth-order valence-electron chi connectivity index (χ4n) is 1.40. The van der Waals surface area contributed by atoms with Crippen molar-refractivity contribution in [3.63, 3.8) is 0 Å². The molecule has 7 heteroatoms. The van der Waals surface area contributed by atoms with Crippen LogP contribution < -0.4 is 0 Å². The molecule has 0 aliphatic rings. The van der Waals surface area contributed by atoms with Crippen LogP contribution in [0.2, 0.25) is 0 Å². The molecule has 0 aliphatic heterocycles. The average molecular weight is 273 g/mol. The molecule has 0 bridgehead atoms. The van der Waals surface area contributed by atoms with Crippen LogP contribution in [0, 0.1) is 24.4 Å². The minimum absolute atomic E-state index is 0.00120. The van der Waals surface area contributed by atoms with E-state index in [1.165, 1.54) is 6.92 Å². The summed E-state index contributed by atoms with van der Waals surface area (Å²) in [6.45, 7) is 1.45. The maximum Gasteiger partial charge on any atom is 0.347 e. The monoisotopic (exact) mass is 273 g/mol. The van der Waals surface area contributed by atoms with Crippen molar-refractivity contribution in [2.24, 2.45) is 0 Å². The van der Waals surface area contributed by atoms with Gasteiger partial charge in [0.25, 0.3) is 0 Å². The van der Waals surface area contributed by atoms with Crippen LogP contribution >= 0.6 is 11.3 Å². The van der Waals surface area contributed by atoms with Crippen molar-refractivity contribution in [2.75, 3.05) is 0 Å². The van der Waals surface area contributed by atoms with Gasteiger partial charge in [-0.3, -0.25) is 0 Å². The Morgan fingerprint density at radius 2 is 1.94 bits per heavy atom. The van der Waals surface area contributed by atoms with E-state index in [0.717, 1.165) is 12.1 Å². The summed E-state index contributed by atoms with van der Waals surface area (Å²) in [4.78, 5) is 14.6. The van der Waals surface area contributed by atoms with Crippen molar-refractivity contribution >= 4 is 17.3 Å². The van der Waals surface area contributed by atoms with Gasteiger partial charge in [0.2, 0.25) is 0 Å². The first kappa shape index (κ1) is 12.6. The summed E-state index contributed by atoms with van der Waals surface area (Å²) in [6, 6.07) is 1.79. The van der Waals surface area contributed by atoms with Gasteiger partial charge in [-0.25, -0.2) is 22.9 Å². The highest BCUT2D eigenvalue weighted by atomic mass is 32.1. The summed E-state index contributed by atoms with van der Waals surface area (Å²) in [5.41, 5.74) is -0.0545. The second-order valence-electron chi connectivity index (χ2n) is 3.46. The summed E-state index contributed by atoms with van der Waals surface area (Å²) < 4.78 is 39.3. The third-order valence-corrected chi connectivity index (χ3v) is 3.44. The van der Waals surface area contributed by atoms with Gasteiger partial charge in [0.05, 0.1) is 5.69 Å². The zero-order valence-electron chi connectivity index (χ0n) is 9.00. The van der Waals surface area contributed by atoms with Gasteiger partial charge in [-0.2, -0.15) is 0 Å². The number of thiazole rings is 1. The molecule has 1 aromatic carbocycles. The molecule has 18 heavy (non-hydrogen) atoms. The highest BCUT2D eigenvalue weighted by molar-refractivity contribution is 7.17. The lowest BCUT2D eigenvalue weighted by Crippen LogP contribution is -1.94. The van der Waals surface area contributed by atoms with E-state index in [-0.39, 0.29) is 21.1 Å². The van der Waals surface area contributed by atoms with Crippen LogP contribution in [0.15, 0.2) is 12.1 Å². The van der Waals surface area contributed by atoms with Gasteiger partial charge in [-0.05, 0) is 19.1 Å². The van der Waals surface area contributed by atoms with Crippen molar-refractivity contribution in [2.45, 2.75) is 6.92 Å². The molecule has 1 aromatic heterocycles. The third-order valence-electron chi connectivity index (χ3n) is 2.26. The molecule has 0 saturated carbocycles. The van der Waals surface area contributed by atoms with Gasteiger partial charge in [-0.1, -0.05) is 0 Å². The van der Waals surface area contributed by atoms with Crippen LogP contribution in [-0.2, 0) is 0 Å². The van der Waals surface area contributed by atoms with Gasteiger partial charge in [0.15, 0.2) is 17.5 Å². The summed E-state index contributed by atoms with van der Waals surface area (Å²) in [7, 11) is 0. The van der Waals surface area contributed by atoms with E-state index in [4.69, 9.17) is 5.11 Å². The SMILES string of the molecule is Cc1nc(-c2ccc(F)c(F)c2F)sc1C(=O)O. The van der Waals surface area contributed by atoms with Crippen molar-refractivity contribution in [1.29, 1.82) is 0 Å². The summed E-state index contributed by atoms with van der Waals surface area (Å²) >= 11 is 0.710. The molecule has 1 N–H and O–H groups in total. The number of aromatic carboxylic acids is 1. The van der Waals surface area contributed by atoms with E-state index in [2.05, 4.69) is 4.98 Å². The first-order chi connectivity index (χ1) is 8.41. The normalized spacial score (nSPS) is 10.7. The Morgan fingerprint density at radius 3 is 2.50 bits per heavy atom. The number of halogens is 3. The number of carboxylic acid groups (broad SMARTS) is 1. The van der Waals surface area contributed by atoms with E-state index in [0.29, 0.717) is 11.3 Å². The molecule has 0 saturated heterocycles. The minimum Gasteiger partial charge on any atom is -0.477 e. The molecular formula is C11H6F3NO2S. The average Bonchev–Trinajstić information content (AvgIpc) is 2.68. The van der Waals surface area contributed by atoms with Gasteiger partial charge in [0.1, 0.15) is 9.88 Å². The Balaban J connectivity index is 2.60. The zero-order chi connectivity index (χ0) is 13.4. The van der Waals surface area contributed by atoms with Crippen molar-refractivity contribution in [1.82, 2.24) is 4.98 Å². The van der Waals surface area contributed by atoms with Crippen molar-refractivity contribution in [3.8, 4) is 10.6 Å². The lowest BCUT2D eigenvalue weighted by atomic mass is 10.2. The largest absolute Gasteiger partial charge is 0.477 e. The van der Waals surface area contributed by atoms with Crippen LogP contribution in [-0.4, -0.2) is 16.1 Å². The standard InChI is InChI=1S/C11H6F3NO2S/c1-4-9(11(16)17)18-10(15-4)5-2-3-6(12)8(14)7(5)13/h2-3H,1H3,(H,16,17). The smallest absolute Gasteiger partial charge is 0.347 e. The molecule has 2 rings (SSSR count). The maximum atomic E-state index is 13.5. The quantitative estimate of drug-likeness (QED) is 0.854. The highest BCUT2D eigenvalue weighted by Crippen LogP contribution is 2.31. The molecule has 94 valence electrons. The van der Waals surface area contributed by atoms with E-state index in [1.54, 1.807) is 0 Å². The molecule has 0 atom stereocenters. The number of carbonyl (C=O) groups is 1. The Kier molecular flexibility index (Phi) is 3.08. The number of rotatable bonds is 2. The molecule has 2 aromatic rings. The second kappa shape index (κ2) is 4.41. The van der Waals surface area contributed by atoms with Crippen LogP contribution in [0.25, 0.3) is 10.6 Å². The Morgan fingerprint density at radius 1 is 1.28 bits per heavy atom. The number of carboxylic acids is 1. The molecule has 0 unspecified atom stereocenters. The van der Waals surface area contributed by atoms with E-state index >= 15 is 0 Å². The number of benzene rings is 1. The summed E-state index contributed by atoms with van der Waals surface area (Å²) in [5, 5.41) is 8.84. The molecule has 3 nitrogen and oxygen atoms in total. The predicted octanol–water partition coefficient (Wildman–Crippen LogP) is 3.23. The van der Waals surface area contributed by atoms with E-state index in [9.17, 15) is 18.0 Å². The first-order valence-corrected chi connectivity index (χ1v) is 5.58. The fourth-order valence-corrected chi connectivity index (χ4v) is 2.33. The van der Waals surface area contributed by atoms with Crippen LogP contribution in [0.3, 0.4) is 0 Å². The van der Waals surface area contributed by atoms with E-state index in [1.807, 2.05) is 0 Å². The van der Waals surface area contributed by atoms with Crippen LogP contribution in [0.1, 0.15) is 15.4 Å². The Bertz CT molecular complexity index is 639. The number of aromatic nitrogens is 1. The number of hydrogen-bond acceptors (Lipinski definition) is 3. The van der Waals surface area contributed by atoms with Crippen molar-refractivity contribution < 1.29 is 23.1 Å². The van der Waals surface area contributed by atoms with Gasteiger partial charge in [-0.15, -0.1) is 11.3 Å². The zero-order valence-corrected chi connectivity index (χ0v) is 9.82. The molecule has 0 fully saturated rings. The predicted molar refractivity (Wildman–Crippen MR) is 59.1 cm³/mol. The van der Waals surface area contributed by atoms with Crippen LogP contribution in [0.5, 0.6) is 0 Å².